The van der Waals surface area contributed by atoms with Crippen molar-refractivity contribution in [1.82, 2.24) is 10.3 Å². The van der Waals surface area contributed by atoms with Crippen molar-refractivity contribution in [1.29, 1.82) is 0 Å². The molecular formula is C13H17N3O3. The van der Waals surface area contributed by atoms with Gasteiger partial charge in [-0.3, -0.25) is 9.78 Å². The summed E-state index contributed by atoms with van der Waals surface area (Å²) >= 11 is 0. The number of amides is 2. The molecule has 102 valence electrons. The van der Waals surface area contributed by atoms with Gasteiger partial charge in [-0.05, 0) is 32.9 Å². The molecule has 0 radical (unpaired) electrons. The van der Waals surface area contributed by atoms with E-state index in [1.807, 2.05) is 0 Å². The van der Waals surface area contributed by atoms with Gasteiger partial charge in [0.25, 0.3) is 0 Å². The number of ether oxygens (including phenoxy) is 1. The van der Waals surface area contributed by atoms with E-state index < -0.39 is 17.7 Å². The van der Waals surface area contributed by atoms with E-state index in [1.165, 1.54) is 0 Å². The molecule has 19 heavy (non-hydrogen) atoms. The topological polar surface area (TPSA) is 80.3 Å². The lowest BCUT2D eigenvalue weighted by atomic mass is 10.0. The summed E-state index contributed by atoms with van der Waals surface area (Å²) in [5, 5.41) is 5.26. The van der Waals surface area contributed by atoms with Crippen LogP contribution in [0.25, 0.3) is 0 Å². The first-order valence-electron chi connectivity index (χ1n) is 6.09. The Morgan fingerprint density at radius 3 is 2.95 bits per heavy atom. The Kier molecular flexibility index (Phi) is 3.42. The molecule has 6 heteroatoms. The monoisotopic (exact) mass is 263 g/mol. The first-order valence-corrected chi connectivity index (χ1v) is 6.09. The summed E-state index contributed by atoms with van der Waals surface area (Å²) in [4.78, 5) is 27.7. The predicted octanol–water partition coefficient (Wildman–Crippen LogP) is 1.47. The number of alkyl carbamates (subject to hydrolysis) is 1. The number of fused-ring (bicyclic) bond motifs is 1. The average molecular weight is 263 g/mol. The van der Waals surface area contributed by atoms with Gasteiger partial charge in [0.2, 0.25) is 5.91 Å². The van der Waals surface area contributed by atoms with Crippen molar-refractivity contribution in [3.05, 3.63) is 24.0 Å². The number of hydrogen-bond donors (Lipinski definition) is 2. The van der Waals surface area contributed by atoms with Crippen molar-refractivity contribution < 1.29 is 14.3 Å². The molecule has 0 saturated carbocycles. The zero-order chi connectivity index (χ0) is 14.0. The van der Waals surface area contributed by atoms with E-state index in [9.17, 15) is 9.59 Å². The fourth-order valence-corrected chi connectivity index (χ4v) is 1.79. The molecule has 1 aromatic rings. The largest absolute Gasteiger partial charge is 0.444 e. The van der Waals surface area contributed by atoms with Crippen LogP contribution >= 0.6 is 0 Å². The zero-order valence-electron chi connectivity index (χ0n) is 11.2. The van der Waals surface area contributed by atoms with Crippen LogP contribution in [0.3, 0.4) is 0 Å². The number of carbonyl (C=O) groups excluding carboxylic acids is 2. The highest BCUT2D eigenvalue weighted by Crippen LogP contribution is 2.19. The van der Waals surface area contributed by atoms with Crippen LogP contribution in [0.5, 0.6) is 0 Å². The molecule has 1 aliphatic rings. The fourth-order valence-electron chi connectivity index (χ4n) is 1.79. The molecule has 2 N–H and O–H groups in total. The molecule has 0 aliphatic carbocycles. The van der Waals surface area contributed by atoms with Gasteiger partial charge in [-0.25, -0.2) is 4.79 Å². The molecular weight excluding hydrogens is 246 g/mol. The summed E-state index contributed by atoms with van der Waals surface area (Å²) in [5.74, 6) is -0.258. The van der Waals surface area contributed by atoms with E-state index in [0.717, 1.165) is 5.69 Å². The van der Waals surface area contributed by atoms with Gasteiger partial charge in [-0.1, -0.05) is 0 Å². The molecule has 2 rings (SSSR count). The van der Waals surface area contributed by atoms with Crippen molar-refractivity contribution in [2.24, 2.45) is 0 Å². The van der Waals surface area contributed by atoms with E-state index in [0.29, 0.717) is 12.1 Å². The van der Waals surface area contributed by atoms with Crippen LogP contribution in [0.1, 0.15) is 26.5 Å². The summed E-state index contributed by atoms with van der Waals surface area (Å²) < 4.78 is 5.13. The highest BCUT2D eigenvalue weighted by Gasteiger charge is 2.29. The maximum atomic E-state index is 11.8. The second-order valence-electron chi connectivity index (χ2n) is 5.39. The standard InChI is InChI=1S/C13H17N3O3/c1-13(2,3)19-12(18)16-10-7-9-8(15-11(10)17)5-4-6-14-9/h4-6,10H,7H2,1-3H3,(H,15,17)(H,16,18)/t10-/m1/s1. The molecule has 0 aromatic carbocycles. The predicted molar refractivity (Wildman–Crippen MR) is 69.7 cm³/mol. The molecule has 2 heterocycles. The average Bonchev–Trinajstić information content (AvgIpc) is 2.27. The Labute approximate surface area is 111 Å². The Bertz CT molecular complexity index is 508. The summed E-state index contributed by atoms with van der Waals surface area (Å²) in [6, 6.07) is 2.88. The van der Waals surface area contributed by atoms with Gasteiger partial charge in [0.1, 0.15) is 11.6 Å². The van der Waals surface area contributed by atoms with Crippen molar-refractivity contribution >= 4 is 17.7 Å². The third-order valence-electron chi connectivity index (χ3n) is 2.55. The third kappa shape index (κ3) is 3.43. The Balaban J connectivity index is 2.03. The molecule has 1 aromatic heterocycles. The van der Waals surface area contributed by atoms with Gasteiger partial charge in [-0.2, -0.15) is 0 Å². The highest BCUT2D eigenvalue weighted by atomic mass is 16.6. The minimum atomic E-state index is -0.655. The zero-order valence-corrected chi connectivity index (χ0v) is 11.2. The Hall–Kier alpha value is -2.11. The number of nitrogens with zero attached hydrogens (tertiary/aromatic N) is 1. The fraction of sp³-hybridized carbons (Fsp3) is 0.462. The summed E-state index contributed by atoms with van der Waals surface area (Å²) in [5.41, 5.74) is 0.851. The quantitative estimate of drug-likeness (QED) is 0.804. The highest BCUT2D eigenvalue weighted by molar-refractivity contribution is 5.99. The maximum absolute atomic E-state index is 11.8. The van der Waals surface area contributed by atoms with E-state index in [1.54, 1.807) is 39.1 Å². The van der Waals surface area contributed by atoms with Crippen LogP contribution in [0.15, 0.2) is 18.3 Å². The van der Waals surface area contributed by atoms with Crippen LogP contribution in [0, 0.1) is 0 Å². The number of hydrogen-bond acceptors (Lipinski definition) is 4. The van der Waals surface area contributed by atoms with Gasteiger partial charge >= 0.3 is 6.09 Å². The van der Waals surface area contributed by atoms with Crippen molar-refractivity contribution in [2.45, 2.75) is 38.8 Å². The number of rotatable bonds is 1. The third-order valence-corrected chi connectivity index (χ3v) is 2.55. The van der Waals surface area contributed by atoms with E-state index >= 15 is 0 Å². The summed E-state index contributed by atoms with van der Waals surface area (Å²) in [6.45, 7) is 5.30. The number of anilines is 1. The lowest BCUT2D eigenvalue weighted by Crippen LogP contribution is -2.49. The van der Waals surface area contributed by atoms with Crippen molar-refractivity contribution in [3.8, 4) is 0 Å². The van der Waals surface area contributed by atoms with Crippen LogP contribution in [0.4, 0.5) is 10.5 Å². The SMILES string of the molecule is CC(C)(C)OC(=O)N[C@@H]1Cc2ncccc2NC1=O. The van der Waals surface area contributed by atoms with Gasteiger partial charge in [0.15, 0.2) is 0 Å². The Morgan fingerprint density at radius 1 is 1.53 bits per heavy atom. The molecule has 6 nitrogen and oxygen atoms in total. The van der Waals surface area contributed by atoms with Crippen LogP contribution in [-0.4, -0.2) is 28.6 Å². The first-order chi connectivity index (χ1) is 8.85. The lowest BCUT2D eigenvalue weighted by Gasteiger charge is -2.26. The minimum Gasteiger partial charge on any atom is -0.444 e. The molecule has 0 fully saturated rings. The van der Waals surface area contributed by atoms with Gasteiger partial charge in [-0.15, -0.1) is 0 Å². The van der Waals surface area contributed by atoms with Gasteiger partial charge < -0.3 is 15.4 Å². The molecule has 2 amide bonds. The van der Waals surface area contributed by atoms with Crippen molar-refractivity contribution in [3.63, 3.8) is 0 Å². The molecule has 0 spiro atoms. The van der Waals surface area contributed by atoms with Crippen LogP contribution < -0.4 is 10.6 Å². The second kappa shape index (κ2) is 4.87. The number of carbonyl (C=O) groups is 2. The minimum absolute atomic E-state index is 0.258. The van der Waals surface area contributed by atoms with E-state index in [4.69, 9.17) is 4.74 Å². The smallest absolute Gasteiger partial charge is 0.408 e. The van der Waals surface area contributed by atoms with Crippen LogP contribution in [-0.2, 0) is 16.0 Å². The van der Waals surface area contributed by atoms with E-state index in [2.05, 4.69) is 15.6 Å². The van der Waals surface area contributed by atoms with Gasteiger partial charge in [0.05, 0.1) is 11.4 Å². The maximum Gasteiger partial charge on any atom is 0.408 e. The number of aromatic nitrogens is 1. The molecule has 0 bridgehead atoms. The molecule has 0 saturated heterocycles. The second-order valence-corrected chi connectivity index (χ2v) is 5.39. The number of pyridine rings is 1. The molecule has 1 atom stereocenters. The summed E-state index contributed by atoms with van der Waals surface area (Å²) in [7, 11) is 0. The number of nitrogens with one attached hydrogen (secondary N) is 2. The Morgan fingerprint density at radius 2 is 2.26 bits per heavy atom. The molecule has 1 aliphatic heterocycles. The molecule has 0 unspecified atom stereocenters. The van der Waals surface area contributed by atoms with E-state index in [-0.39, 0.29) is 5.91 Å². The lowest BCUT2D eigenvalue weighted by molar-refractivity contribution is -0.118. The van der Waals surface area contributed by atoms with Crippen LogP contribution in [0.2, 0.25) is 0 Å². The first kappa shape index (κ1) is 13.3. The van der Waals surface area contributed by atoms with Crippen molar-refractivity contribution in [2.75, 3.05) is 5.32 Å². The normalized spacial score (nSPS) is 18.3. The van der Waals surface area contributed by atoms with Gasteiger partial charge in [0, 0.05) is 12.6 Å². The summed E-state index contributed by atoms with van der Waals surface area (Å²) in [6.07, 6.45) is 1.41.